The first-order chi connectivity index (χ1) is 14.7. The lowest BCUT2D eigenvalue weighted by Gasteiger charge is -2.35. The number of hydrogen-bond acceptors (Lipinski definition) is 6. The van der Waals surface area contributed by atoms with Crippen molar-refractivity contribution in [1.82, 2.24) is 9.21 Å². The first-order valence-corrected chi connectivity index (χ1v) is 11.1. The Morgan fingerprint density at radius 1 is 1.03 bits per heavy atom. The number of amides is 1. The highest BCUT2D eigenvalue weighted by Gasteiger charge is 2.32. The van der Waals surface area contributed by atoms with Crippen LogP contribution in [0, 0.1) is 5.82 Å². The zero-order chi connectivity index (χ0) is 22.6. The molecule has 0 bridgehead atoms. The summed E-state index contributed by atoms with van der Waals surface area (Å²) in [6.45, 7) is 1.99. The van der Waals surface area contributed by atoms with E-state index in [1.807, 2.05) is 0 Å². The SMILES string of the molecule is COc1ccc(F)cc1C(=O)O[C@@H](C)C(=O)N1CCN(S(=O)(=O)c2ccccc2)CC1. The number of methoxy groups -OCH3 is 1. The van der Waals surface area contributed by atoms with E-state index < -0.39 is 33.8 Å². The van der Waals surface area contributed by atoms with E-state index in [4.69, 9.17) is 9.47 Å². The van der Waals surface area contributed by atoms with Gasteiger partial charge in [-0.05, 0) is 37.3 Å². The third-order valence-electron chi connectivity index (χ3n) is 4.94. The molecular weight excluding hydrogens is 427 g/mol. The molecule has 8 nitrogen and oxygen atoms in total. The number of sulfonamides is 1. The third kappa shape index (κ3) is 5.02. The number of ether oxygens (including phenoxy) is 2. The van der Waals surface area contributed by atoms with E-state index in [2.05, 4.69) is 0 Å². The van der Waals surface area contributed by atoms with Gasteiger partial charge in [-0.1, -0.05) is 18.2 Å². The Hall–Kier alpha value is -2.98. The van der Waals surface area contributed by atoms with E-state index in [9.17, 15) is 22.4 Å². The number of rotatable bonds is 6. The molecule has 0 unspecified atom stereocenters. The minimum atomic E-state index is -3.64. The largest absolute Gasteiger partial charge is 0.496 e. The lowest BCUT2D eigenvalue weighted by Crippen LogP contribution is -2.52. The van der Waals surface area contributed by atoms with E-state index in [0.29, 0.717) is 0 Å². The van der Waals surface area contributed by atoms with Crippen LogP contribution in [0.4, 0.5) is 4.39 Å². The minimum Gasteiger partial charge on any atom is -0.496 e. The van der Waals surface area contributed by atoms with Crippen molar-refractivity contribution >= 4 is 21.9 Å². The Kier molecular flexibility index (Phi) is 6.91. The normalized spacial score (nSPS) is 15.9. The predicted octanol–water partition coefficient (Wildman–Crippen LogP) is 1.91. The van der Waals surface area contributed by atoms with Crippen LogP contribution in [-0.2, 0) is 19.6 Å². The van der Waals surface area contributed by atoms with Crippen molar-refractivity contribution in [2.75, 3.05) is 33.3 Å². The molecule has 1 amide bonds. The van der Waals surface area contributed by atoms with Gasteiger partial charge >= 0.3 is 5.97 Å². The Bertz CT molecular complexity index is 1050. The molecule has 2 aromatic carbocycles. The summed E-state index contributed by atoms with van der Waals surface area (Å²) in [6, 6.07) is 11.5. The summed E-state index contributed by atoms with van der Waals surface area (Å²) in [5.74, 6) is -1.85. The van der Waals surface area contributed by atoms with Crippen LogP contribution < -0.4 is 4.74 Å². The van der Waals surface area contributed by atoms with Crippen molar-refractivity contribution in [3.8, 4) is 5.75 Å². The van der Waals surface area contributed by atoms with Crippen molar-refractivity contribution in [3.63, 3.8) is 0 Å². The van der Waals surface area contributed by atoms with Crippen molar-refractivity contribution < 1.29 is 31.9 Å². The quantitative estimate of drug-likeness (QED) is 0.625. The Balaban J connectivity index is 1.60. The van der Waals surface area contributed by atoms with Crippen LogP contribution in [0.3, 0.4) is 0 Å². The van der Waals surface area contributed by atoms with Gasteiger partial charge in [-0.15, -0.1) is 0 Å². The molecule has 1 fully saturated rings. The number of halogens is 1. The molecule has 1 aliphatic heterocycles. The molecule has 2 aromatic rings. The van der Waals surface area contributed by atoms with Crippen LogP contribution in [0.1, 0.15) is 17.3 Å². The van der Waals surface area contributed by atoms with Gasteiger partial charge in [-0.2, -0.15) is 4.31 Å². The van der Waals surface area contributed by atoms with Crippen LogP contribution >= 0.6 is 0 Å². The fraction of sp³-hybridized carbons (Fsp3) is 0.333. The van der Waals surface area contributed by atoms with Crippen molar-refractivity contribution in [1.29, 1.82) is 0 Å². The smallest absolute Gasteiger partial charge is 0.342 e. The Labute approximate surface area is 180 Å². The maximum atomic E-state index is 13.5. The molecule has 1 heterocycles. The van der Waals surface area contributed by atoms with Crippen LogP contribution in [0.15, 0.2) is 53.4 Å². The summed E-state index contributed by atoms with van der Waals surface area (Å²) < 4.78 is 50.4. The first kappa shape index (κ1) is 22.7. The second-order valence-corrected chi connectivity index (χ2v) is 8.87. The molecule has 0 spiro atoms. The fourth-order valence-corrected chi connectivity index (χ4v) is 4.70. The van der Waals surface area contributed by atoms with E-state index in [-0.39, 0.29) is 42.4 Å². The maximum absolute atomic E-state index is 13.5. The molecule has 31 heavy (non-hydrogen) atoms. The molecule has 10 heteroatoms. The van der Waals surface area contributed by atoms with E-state index in [0.717, 1.165) is 12.1 Å². The molecule has 0 saturated carbocycles. The van der Waals surface area contributed by atoms with Gasteiger partial charge in [0.1, 0.15) is 17.1 Å². The van der Waals surface area contributed by atoms with Crippen LogP contribution in [0.2, 0.25) is 0 Å². The average Bonchev–Trinajstić information content (AvgIpc) is 2.79. The summed E-state index contributed by atoms with van der Waals surface area (Å²) in [4.78, 5) is 26.7. The predicted molar refractivity (Wildman–Crippen MR) is 110 cm³/mol. The van der Waals surface area contributed by atoms with Gasteiger partial charge in [-0.3, -0.25) is 4.79 Å². The summed E-state index contributed by atoms with van der Waals surface area (Å²) in [6.07, 6.45) is -1.13. The van der Waals surface area contributed by atoms with Gasteiger partial charge in [-0.25, -0.2) is 17.6 Å². The zero-order valence-corrected chi connectivity index (χ0v) is 18.0. The van der Waals surface area contributed by atoms with Crippen molar-refractivity contribution in [3.05, 3.63) is 59.9 Å². The van der Waals surface area contributed by atoms with Gasteiger partial charge in [0.25, 0.3) is 5.91 Å². The number of esters is 1. The molecule has 0 aromatic heterocycles. The highest BCUT2D eigenvalue weighted by atomic mass is 32.2. The molecular formula is C21H23FN2O6S. The van der Waals surface area contributed by atoms with Crippen LogP contribution in [-0.4, -0.2) is 68.9 Å². The fourth-order valence-electron chi connectivity index (χ4n) is 3.26. The van der Waals surface area contributed by atoms with Gasteiger partial charge in [0.15, 0.2) is 6.10 Å². The Morgan fingerprint density at radius 2 is 1.68 bits per heavy atom. The highest BCUT2D eigenvalue weighted by Crippen LogP contribution is 2.22. The molecule has 3 rings (SSSR count). The van der Waals surface area contributed by atoms with Gasteiger partial charge in [0.05, 0.1) is 12.0 Å². The summed E-state index contributed by atoms with van der Waals surface area (Å²) in [7, 11) is -2.30. The molecule has 1 aliphatic rings. The minimum absolute atomic E-state index is 0.124. The monoisotopic (exact) mass is 450 g/mol. The maximum Gasteiger partial charge on any atom is 0.342 e. The van der Waals surface area contributed by atoms with Gasteiger partial charge in [0, 0.05) is 26.2 Å². The standard InChI is InChI=1S/C21H23FN2O6S/c1-15(30-21(26)18-14-16(22)8-9-19(18)29-2)20(25)23-10-12-24(13-11-23)31(27,28)17-6-4-3-5-7-17/h3-9,14-15H,10-13H2,1-2H3/t15-/m0/s1. The highest BCUT2D eigenvalue weighted by molar-refractivity contribution is 7.89. The molecule has 0 aliphatic carbocycles. The number of nitrogens with zero attached hydrogens (tertiary/aromatic N) is 2. The second-order valence-electron chi connectivity index (χ2n) is 6.93. The number of benzene rings is 2. The van der Waals surface area contributed by atoms with E-state index >= 15 is 0 Å². The number of carbonyl (C=O) groups excluding carboxylic acids is 2. The van der Waals surface area contributed by atoms with E-state index in [1.165, 1.54) is 41.4 Å². The number of piperazine rings is 1. The van der Waals surface area contributed by atoms with Crippen molar-refractivity contribution in [2.45, 2.75) is 17.9 Å². The second kappa shape index (κ2) is 9.44. The lowest BCUT2D eigenvalue weighted by molar-refractivity contribution is -0.141. The van der Waals surface area contributed by atoms with Crippen LogP contribution in [0.5, 0.6) is 5.75 Å². The van der Waals surface area contributed by atoms with Gasteiger partial charge < -0.3 is 14.4 Å². The number of carbonyl (C=O) groups is 2. The van der Waals surface area contributed by atoms with Crippen molar-refractivity contribution in [2.24, 2.45) is 0 Å². The molecule has 0 radical (unpaired) electrons. The lowest BCUT2D eigenvalue weighted by atomic mass is 10.2. The zero-order valence-electron chi connectivity index (χ0n) is 17.2. The summed E-state index contributed by atoms with van der Waals surface area (Å²) >= 11 is 0. The van der Waals surface area contributed by atoms with Crippen LogP contribution in [0.25, 0.3) is 0 Å². The Morgan fingerprint density at radius 3 is 2.29 bits per heavy atom. The summed E-state index contributed by atoms with van der Waals surface area (Å²) in [5, 5.41) is 0. The number of hydrogen-bond donors (Lipinski definition) is 0. The molecule has 0 N–H and O–H groups in total. The van der Waals surface area contributed by atoms with E-state index in [1.54, 1.807) is 18.2 Å². The topological polar surface area (TPSA) is 93.2 Å². The van der Waals surface area contributed by atoms with Gasteiger partial charge in [0.2, 0.25) is 10.0 Å². The average molecular weight is 450 g/mol. The molecule has 1 atom stereocenters. The molecule has 166 valence electrons. The third-order valence-corrected chi connectivity index (χ3v) is 6.86. The first-order valence-electron chi connectivity index (χ1n) is 9.62. The molecule has 1 saturated heterocycles. The summed E-state index contributed by atoms with van der Waals surface area (Å²) in [5.41, 5.74) is -0.124.